The Kier molecular flexibility index (Phi) is 23.4. The van der Waals surface area contributed by atoms with Crippen molar-refractivity contribution in [3.05, 3.63) is 111 Å². The van der Waals surface area contributed by atoms with Crippen LogP contribution in [0.15, 0.2) is 73.1 Å². The van der Waals surface area contributed by atoms with Gasteiger partial charge in [0.2, 0.25) is 17.7 Å². The van der Waals surface area contributed by atoms with Crippen LogP contribution in [0, 0.1) is 5.92 Å². The van der Waals surface area contributed by atoms with Gasteiger partial charge in [-0.25, -0.2) is 14.8 Å². The van der Waals surface area contributed by atoms with E-state index in [4.69, 9.17) is 61.6 Å². The van der Waals surface area contributed by atoms with Gasteiger partial charge in [0.1, 0.15) is 29.9 Å². The molecule has 1 saturated carbocycles. The molecular formula is C64H81Cl2N11O12. The number of fused-ring (bicyclic) bond motifs is 4. The summed E-state index contributed by atoms with van der Waals surface area (Å²) < 4.78 is 35.3. The van der Waals surface area contributed by atoms with Gasteiger partial charge in [0.25, 0.3) is 5.91 Å². The molecule has 5 amide bonds. The number of anilines is 2. The first-order chi connectivity index (χ1) is 43.0. The highest BCUT2D eigenvalue weighted by atomic mass is 35.5. The summed E-state index contributed by atoms with van der Waals surface area (Å²) in [7, 11) is 1.59. The smallest absolute Gasteiger partial charge is 0.412 e. The zero-order valence-electron chi connectivity index (χ0n) is 51.2. The number of benzene rings is 3. The summed E-state index contributed by atoms with van der Waals surface area (Å²) in [5, 5.41) is 27.5. The van der Waals surface area contributed by atoms with Crippen molar-refractivity contribution in [3.8, 4) is 22.3 Å². The standard InChI is InChI=1S/C64H81Cl2N11O12/c1-40(70-61(81)43-12-10-41(11-13-43)42-14-16-46(17-15-42)71-63(83)89-64(2,3)4)51-34-55(77-52-9-7-6-8-44(52)32-53(77)62(82)68-19-23-84-5)74-54(72-51)35-56(79)67-20-24-85-26-28-87-30-31-88-29-27-86-25-22-76-37-45(36-69-76)47-33-49(65)59(66)60-58(47)48-38-75(57(80)39-78)21-18-50(48)73-60/h10-17,33-34,36-37,40,44,52-53,73,78H,6-9,18-32,35,38-39H2,1-5H3,(H,67,79)(H,68,82)(H,70,81)(H,71,83)/t40?,44-,52-,53-/m0/s1. The number of hydrogen-bond donors (Lipinski definition) is 6. The first-order valence-corrected chi connectivity index (χ1v) is 31.2. The predicted octanol–water partition coefficient (Wildman–Crippen LogP) is 7.84. The van der Waals surface area contributed by atoms with Crippen molar-refractivity contribution in [2.75, 3.05) is 103 Å². The maximum Gasteiger partial charge on any atom is 0.412 e. The Balaban J connectivity index is 0.707. The van der Waals surface area contributed by atoms with Gasteiger partial charge in [0, 0.05) is 91.5 Å². The van der Waals surface area contributed by atoms with E-state index in [1.54, 1.807) is 67.9 Å². The molecule has 0 radical (unpaired) electrons. The van der Waals surface area contributed by atoms with Crippen molar-refractivity contribution >= 4 is 75.3 Å². The van der Waals surface area contributed by atoms with Crippen LogP contribution in [0.2, 0.25) is 10.0 Å². The van der Waals surface area contributed by atoms with Gasteiger partial charge in [-0.2, -0.15) is 5.10 Å². The number of carbonyl (C=O) groups excluding carboxylic acids is 5. The molecule has 0 bridgehead atoms. The first kappa shape index (κ1) is 66.2. The summed E-state index contributed by atoms with van der Waals surface area (Å²) in [5.41, 5.74) is 6.98. The molecule has 6 aromatic rings. The Morgan fingerprint density at radius 2 is 1.49 bits per heavy atom. The highest BCUT2D eigenvalue weighted by Crippen LogP contribution is 2.44. The van der Waals surface area contributed by atoms with Crippen LogP contribution in [0.5, 0.6) is 0 Å². The lowest BCUT2D eigenvalue weighted by atomic mass is 9.84. The lowest BCUT2D eigenvalue weighted by Gasteiger charge is -2.35. The van der Waals surface area contributed by atoms with Gasteiger partial charge in [-0.15, -0.1) is 0 Å². The van der Waals surface area contributed by atoms with Crippen LogP contribution in [0.25, 0.3) is 33.2 Å². The number of carbonyl (C=O) groups is 5. The third kappa shape index (κ3) is 17.8. The summed E-state index contributed by atoms with van der Waals surface area (Å²) in [4.78, 5) is 82.8. The van der Waals surface area contributed by atoms with Crippen molar-refractivity contribution < 1.29 is 57.5 Å². The second-order valence-electron chi connectivity index (χ2n) is 23.3. The fourth-order valence-electron chi connectivity index (χ4n) is 11.6. The number of H-pyrrole nitrogens is 1. The van der Waals surface area contributed by atoms with E-state index in [1.807, 2.05) is 49.5 Å². The van der Waals surface area contributed by atoms with Gasteiger partial charge in [-0.3, -0.25) is 29.2 Å². The summed E-state index contributed by atoms with van der Waals surface area (Å²) in [5.74, 6) is 0.0129. The largest absolute Gasteiger partial charge is 0.444 e. The minimum absolute atomic E-state index is 0.0692. The molecule has 3 aromatic carbocycles. The Morgan fingerprint density at radius 1 is 0.820 bits per heavy atom. The van der Waals surface area contributed by atoms with Crippen molar-refractivity contribution in [1.29, 1.82) is 0 Å². The molecule has 2 fully saturated rings. The van der Waals surface area contributed by atoms with Crippen LogP contribution in [0.3, 0.4) is 0 Å². The van der Waals surface area contributed by atoms with E-state index in [9.17, 15) is 29.1 Å². The number of aromatic nitrogens is 5. The van der Waals surface area contributed by atoms with Crippen LogP contribution in [0.4, 0.5) is 16.3 Å². The highest BCUT2D eigenvalue weighted by molar-refractivity contribution is 6.45. The van der Waals surface area contributed by atoms with Crippen LogP contribution in [-0.2, 0) is 68.7 Å². The third-order valence-corrected chi connectivity index (χ3v) is 16.7. The number of amides is 5. The molecule has 3 aliphatic rings. The number of nitrogens with one attached hydrogen (secondary N) is 5. The fourth-order valence-corrected chi connectivity index (χ4v) is 12.0. The average Bonchev–Trinajstić information content (AvgIpc) is 1.84. The van der Waals surface area contributed by atoms with E-state index < -0.39 is 30.4 Å². The quantitative estimate of drug-likeness (QED) is 0.0244. The Labute approximate surface area is 528 Å². The van der Waals surface area contributed by atoms with Gasteiger partial charge in [-0.05, 0) is 99.9 Å². The van der Waals surface area contributed by atoms with Crippen LogP contribution < -0.4 is 26.2 Å². The number of methoxy groups -OCH3 is 1. The molecule has 9 rings (SSSR count). The van der Waals surface area contributed by atoms with Crippen molar-refractivity contribution in [1.82, 2.24) is 45.6 Å². The summed E-state index contributed by atoms with van der Waals surface area (Å²) in [6.07, 6.45) is 8.28. The zero-order valence-corrected chi connectivity index (χ0v) is 52.7. The number of nitrogens with zero attached hydrogens (tertiary/aromatic N) is 6. The summed E-state index contributed by atoms with van der Waals surface area (Å²) in [6, 6.07) is 17.2. The molecule has 23 nitrogen and oxygen atoms in total. The molecule has 0 spiro atoms. The molecule has 4 atom stereocenters. The van der Waals surface area contributed by atoms with Crippen molar-refractivity contribution in [2.24, 2.45) is 5.92 Å². The topological polar surface area (TPSA) is 275 Å². The lowest BCUT2D eigenvalue weighted by Crippen LogP contribution is -2.48. The van der Waals surface area contributed by atoms with Crippen LogP contribution in [0.1, 0.15) is 99.0 Å². The van der Waals surface area contributed by atoms with E-state index in [1.165, 1.54) is 0 Å². The maximum absolute atomic E-state index is 13.8. The van der Waals surface area contributed by atoms with Gasteiger partial charge >= 0.3 is 6.09 Å². The van der Waals surface area contributed by atoms with Crippen molar-refractivity contribution in [2.45, 2.75) is 109 Å². The molecule has 89 heavy (non-hydrogen) atoms. The Bertz CT molecular complexity index is 3390. The minimum atomic E-state index is -0.623. The SMILES string of the molecule is COCCNC(=O)[C@@H]1C[C@@H]2CCCC[C@@H]2N1c1cc(C(C)NC(=O)c2ccc(-c3ccc(NC(=O)OC(C)(C)C)cc3)cc2)nc(CC(=O)NCCOCCOCCOCCOCCn2cc(-c3cc(Cl)c(Cl)c4[nH]c5c(c34)CN(C(=O)CO)CC5)cn2)n1. The molecule has 1 aliphatic carbocycles. The van der Waals surface area contributed by atoms with Gasteiger partial charge in [0.15, 0.2) is 0 Å². The lowest BCUT2D eigenvalue weighted by molar-refractivity contribution is -0.135. The maximum atomic E-state index is 13.8. The van der Waals surface area contributed by atoms with E-state index in [2.05, 4.69) is 36.2 Å². The Morgan fingerprint density at radius 3 is 2.19 bits per heavy atom. The zero-order chi connectivity index (χ0) is 63.0. The second kappa shape index (κ2) is 31.5. The number of ether oxygens (including phenoxy) is 6. The molecule has 3 aromatic heterocycles. The minimum Gasteiger partial charge on any atom is -0.444 e. The molecular weight excluding hydrogens is 1190 g/mol. The monoisotopic (exact) mass is 1270 g/mol. The molecule has 25 heteroatoms. The molecule has 1 saturated heterocycles. The van der Waals surface area contributed by atoms with E-state index in [0.29, 0.717) is 136 Å². The third-order valence-electron chi connectivity index (χ3n) is 15.9. The fraction of sp³-hybridized carbons (Fsp3) is 0.500. The molecule has 1 unspecified atom stereocenters. The number of aliphatic hydroxyl groups excluding tert-OH is 1. The van der Waals surface area contributed by atoms with Gasteiger partial charge in [0.05, 0.1) is 106 Å². The predicted molar refractivity (Wildman–Crippen MR) is 337 cm³/mol. The van der Waals surface area contributed by atoms with Gasteiger partial charge < -0.3 is 64.3 Å². The number of aliphatic hydroxyl groups is 1. The average molecular weight is 1270 g/mol. The first-order valence-electron chi connectivity index (χ1n) is 30.4. The van der Waals surface area contributed by atoms with E-state index >= 15 is 0 Å². The van der Waals surface area contributed by atoms with E-state index in [0.717, 1.165) is 64.6 Å². The van der Waals surface area contributed by atoms with Gasteiger partial charge in [-0.1, -0.05) is 60.3 Å². The Hall–Kier alpha value is -7.22. The molecule has 5 heterocycles. The molecule has 2 aliphatic heterocycles. The number of aromatic amines is 1. The number of hydrogen-bond acceptors (Lipinski definition) is 16. The van der Waals surface area contributed by atoms with Crippen LogP contribution >= 0.6 is 23.2 Å². The summed E-state index contributed by atoms with van der Waals surface area (Å²) >= 11 is 13.2. The molecule has 478 valence electrons. The number of rotatable bonds is 29. The molecule has 6 N–H and O–H groups in total. The normalized spacial score (nSPS) is 16.8. The van der Waals surface area contributed by atoms with E-state index in [-0.39, 0.29) is 55.1 Å². The number of halogens is 2. The second-order valence-corrected chi connectivity index (χ2v) is 24.1. The summed E-state index contributed by atoms with van der Waals surface area (Å²) in [6.45, 7) is 11.8. The highest BCUT2D eigenvalue weighted by Gasteiger charge is 2.46. The van der Waals surface area contributed by atoms with Crippen LogP contribution in [-0.4, -0.2) is 175 Å². The van der Waals surface area contributed by atoms with Crippen molar-refractivity contribution in [3.63, 3.8) is 0 Å².